The van der Waals surface area contributed by atoms with Crippen molar-refractivity contribution in [3.63, 3.8) is 0 Å². The molecule has 6 nitrogen and oxygen atoms in total. The molecule has 28 heavy (non-hydrogen) atoms. The third-order valence-corrected chi connectivity index (χ3v) is 5.26. The van der Waals surface area contributed by atoms with Gasteiger partial charge in [0.05, 0.1) is 24.7 Å². The Hall–Kier alpha value is -3.59. The zero-order chi connectivity index (χ0) is 19.7. The second-order valence-corrected chi connectivity index (χ2v) is 6.80. The molecule has 0 fully saturated rings. The van der Waals surface area contributed by atoms with Gasteiger partial charge in [0.2, 0.25) is 0 Å². The van der Waals surface area contributed by atoms with Gasteiger partial charge < -0.3 is 10.5 Å². The number of benzene rings is 1. The Morgan fingerprint density at radius 1 is 1.25 bits per heavy atom. The van der Waals surface area contributed by atoms with Crippen LogP contribution in [0.25, 0.3) is 0 Å². The van der Waals surface area contributed by atoms with Gasteiger partial charge in [-0.05, 0) is 48.7 Å². The summed E-state index contributed by atoms with van der Waals surface area (Å²) >= 11 is 0. The number of hydrogen-bond donors (Lipinski definition) is 1. The number of allylic oxidation sites excluding steroid dienone is 3. The van der Waals surface area contributed by atoms with E-state index >= 15 is 0 Å². The molecule has 0 spiro atoms. The maximum Gasteiger partial charge on any atom is 0.161 e. The van der Waals surface area contributed by atoms with Gasteiger partial charge in [0.1, 0.15) is 11.6 Å². The minimum atomic E-state index is -0.476. The normalized spacial score (nSPS) is 19.4. The van der Waals surface area contributed by atoms with Crippen LogP contribution in [0.3, 0.4) is 0 Å². The molecule has 1 aliphatic heterocycles. The van der Waals surface area contributed by atoms with Crippen molar-refractivity contribution >= 4 is 11.5 Å². The second-order valence-electron chi connectivity index (χ2n) is 6.80. The van der Waals surface area contributed by atoms with Crippen LogP contribution in [-0.2, 0) is 4.79 Å². The average molecular weight is 372 g/mol. The van der Waals surface area contributed by atoms with E-state index in [-0.39, 0.29) is 5.78 Å². The summed E-state index contributed by atoms with van der Waals surface area (Å²) in [5.41, 5.74) is 10.0. The summed E-state index contributed by atoms with van der Waals surface area (Å²) in [6.07, 6.45) is 5.34. The van der Waals surface area contributed by atoms with Gasteiger partial charge in [0, 0.05) is 35.8 Å². The van der Waals surface area contributed by atoms with Crippen LogP contribution in [-0.4, -0.2) is 17.9 Å². The van der Waals surface area contributed by atoms with E-state index in [2.05, 4.69) is 11.1 Å². The molecule has 0 unspecified atom stereocenters. The van der Waals surface area contributed by atoms with E-state index in [1.54, 1.807) is 19.5 Å². The molecule has 2 heterocycles. The molecule has 0 bridgehead atoms. The summed E-state index contributed by atoms with van der Waals surface area (Å²) in [4.78, 5) is 19.0. The number of pyridine rings is 1. The molecule has 140 valence electrons. The van der Waals surface area contributed by atoms with E-state index < -0.39 is 5.92 Å². The monoisotopic (exact) mass is 372 g/mol. The molecule has 1 aliphatic carbocycles. The number of ether oxygens (including phenoxy) is 1. The van der Waals surface area contributed by atoms with E-state index in [0.717, 1.165) is 35.5 Å². The van der Waals surface area contributed by atoms with Gasteiger partial charge in [-0.2, -0.15) is 5.26 Å². The predicted molar refractivity (Wildman–Crippen MR) is 105 cm³/mol. The van der Waals surface area contributed by atoms with Crippen molar-refractivity contribution in [3.05, 3.63) is 77.0 Å². The highest BCUT2D eigenvalue weighted by Crippen LogP contribution is 2.46. The first-order chi connectivity index (χ1) is 13.7. The Kier molecular flexibility index (Phi) is 4.58. The number of nitrogens with zero attached hydrogens (tertiary/aromatic N) is 3. The van der Waals surface area contributed by atoms with Crippen molar-refractivity contribution in [2.24, 2.45) is 5.73 Å². The highest BCUT2D eigenvalue weighted by atomic mass is 16.5. The number of carbonyl (C=O) groups is 1. The highest BCUT2D eigenvalue weighted by molar-refractivity contribution is 6.01. The van der Waals surface area contributed by atoms with E-state index in [1.807, 2.05) is 41.3 Å². The van der Waals surface area contributed by atoms with Gasteiger partial charge in [-0.1, -0.05) is 6.07 Å². The SMILES string of the molecule is COc1ccc(N2C(N)=C(C#N)[C@H](c3cccnc3)C3=C2CCCC3=O)cc1. The number of anilines is 1. The number of Topliss-reactive ketones (excluding diaryl/α,β-unsaturated/α-hetero) is 1. The molecule has 2 aliphatic rings. The van der Waals surface area contributed by atoms with Crippen LogP contribution in [0, 0.1) is 11.3 Å². The predicted octanol–water partition coefficient (Wildman–Crippen LogP) is 3.39. The Labute approximate surface area is 163 Å². The highest BCUT2D eigenvalue weighted by Gasteiger charge is 2.40. The maximum absolute atomic E-state index is 13.0. The Balaban J connectivity index is 1.93. The number of rotatable bonds is 3. The van der Waals surface area contributed by atoms with Crippen LogP contribution >= 0.6 is 0 Å². The number of nitrogens with two attached hydrogens (primary N) is 1. The largest absolute Gasteiger partial charge is 0.497 e. The molecule has 0 amide bonds. The van der Waals surface area contributed by atoms with Crippen molar-refractivity contribution in [3.8, 4) is 11.8 Å². The van der Waals surface area contributed by atoms with Crippen molar-refractivity contribution in [1.82, 2.24) is 4.98 Å². The fourth-order valence-electron chi connectivity index (χ4n) is 3.99. The third kappa shape index (κ3) is 2.81. The fraction of sp³-hybridized carbons (Fsp3) is 0.227. The maximum atomic E-state index is 13.0. The van der Waals surface area contributed by atoms with Gasteiger partial charge in [-0.25, -0.2) is 0 Å². The van der Waals surface area contributed by atoms with Crippen LogP contribution in [0.1, 0.15) is 30.7 Å². The van der Waals surface area contributed by atoms with Crippen LogP contribution in [0.2, 0.25) is 0 Å². The number of hydrogen-bond acceptors (Lipinski definition) is 6. The molecular weight excluding hydrogens is 352 g/mol. The lowest BCUT2D eigenvalue weighted by Crippen LogP contribution is -2.38. The molecule has 1 atom stereocenters. The average Bonchev–Trinajstić information content (AvgIpc) is 2.74. The molecule has 2 N–H and O–H groups in total. The molecule has 6 heteroatoms. The topological polar surface area (TPSA) is 92.2 Å². The van der Waals surface area contributed by atoms with Gasteiger partial charge in [0.25, 0.3) is 0 Å². The fourth-order valence-corrected chi connectivity index (χ4v) is 3.99. The lowest BCUT2D eigenvalue weighted by Gasteiger charge is -2.39. The molecule has 1 aromatic carbocycles. The van der Waals surface area contributed by atoms with Gasteiger partial charge >= 0.3 is 0 Å². The minimum Gasteiger partial charge on any atom is -0.497 e. The molecule has 1 aromatic heterocycles. The van der Waals surface area contributed by atoms with E-state index in [0.29, 0.717) is 23.4 Å². The van der Waals surface area contributed by atoms with Crippen molar-refractivity contribution in [1.29, 1.82) is 5.26 Å². The van der Waals surface area contributed by atoms with E-state index in [4.69, 9.17) is 10.5 Å². The van der Waals surface area contributed by atoms with Crippen molar-refractivity contribution < 1.29 is 9.53 Å². The summed E-state index contributed by atoms with van der Waals surface area (Å²) in [6, 6.07) is 13.4. The third-order valence-electron chi connectivity index (χ3n) is 5.26. The summed E-state index contributed by atoms with van der Waals surface area (Å²) in [5, 5.41) is 9.93. The van der Waals surface area contributed by atoms with Crippen LogP contribution in [0.4, 0.5) is 5.69 Å². The first-order valence-corrected chi connectivity index (χ1v) is 9.15. The Morgan fingerprint density at radius 2 is 2.04 bits per heavy atom. The van der Waals surface area contributed by atoms with Crippen LogP contribution in [0.15, 0.2) is 71.5 Å². The first-order valence-electron chi connectivity index (χ1n) is 9.15. The standard InChI is InChI=1S/C22H20N4O2/c1-28-16-9-7-15(8-10-16)26-18-5-2-6-19(27)21(18)20(17(12-23)22(26)24)14-4-3-11-25-13-14/h3-4,7-11,13,20H,2,5-6,24H2,1H3/t20-/m0/s1. The van der Waals surface area contributed by atoms with Gasteiger partial charge in [-0.15, -0.1) is 0 Å². The lowest BCUT2D eigenvalue weighted by molar-refractivity contribution is -0.116. The molecule has 2 aromatic rings. The first kappa shape index (κ1) is 17.8. The summed E-state index contributed by atoms with van der Waals surface area (Å²) < 4.78 is 5.24. The van der Waals surface area contributed by atoms with Crippen LogP contribution in [0.5, 0.6) is 5.75 Å². The Morgan fingerprint density at radius 3 is 2.68 bits per heavy atom. The van der Waals surface area contributed by atoms with E-state index in [9.17, 15) is 10.1 Å². The van der Waals surface area contributed by atoms with Gasteiger partial charge in [0.15, 0.2) is 5.78 Å². The quantitative estimate of drug-likeness (QED) is 0.888. The number of methoxy groups -OCH3 is 1. The lowest BCUT2D eigenvalue weighted by atomic mass is 9.76. The number of carbonyl (C=O) groups excluding carboxylic acids is 1. The summed E-state index contributed by atoms with van der Waals surface area (Å²) in [6.45, 7) is 0. The number of aromatic nitrogens is 1. The van der Waals surface area contributed by atoms with Crippen LogP contribution < -0.4 is 15.4 Å². The second kappa shape index (κ2) is 7.20. The molecule has 0 radical (unpaired) electrons. The number of ketones is 1. The Bertz CT molecular complexity index is 1020. The summed E-state index contributed by atoms with van der Waals surface area (Å²) in [7, 11) is 1.61. The molecular formula is C22H20N4O2. The summed E-state index contributed by atoms with van der Waals surface area (Å²) in [5.74, 6) is 0.672. The van der Waals surface area contributed by atoms with Crippen molar-refractivity contribution in [2.45, 2.75) is 25.2 Å². The molecule has 4 rings (SSSR count). The smallest absolute Gasteiger partial charge is 0.161 e. The molecule has 0 saturated carbocycles. The van der Waals surface area contributed by atoms with Gasteiger partial charge in [-0.3, -0.25) is 14.7 Å². The zero-order valence-corrected chi connectivity index (χ0v) is 15.6. The van der Waals surface area contributed by atoms with Crippen molar-refractivity contribution in [2.75, 3.05) is 12.0 Å². The minimum absolute atomic E-state index is 0.0638. The molecule has 0 saturated heterocycles. The zero-order valence-electron chi connectivity index (χ0n) is 15.6. The number of nitriles is 1. The van der Waals surface area contributed by atoms with E-state index in [1.165, 1.54) is 0 Å².